The molecule has 0 aromatic heterocycles. The van der Waals surface area contributed by atoms with E-state index < -0.39 is 17.7 Å². The molecule has 20 heavy (non-hydrogen) atoms. The van der Waals surface area contributed by atoms with Crippen LogP contribution in [-0.4, -0.2) is 11.7 Å². The van der Waals surface area contributed by atoms with Crippen LogP contribution < -0.4 is 5.32 Å². The first-order chi connectivity index (χ1) is 9.15. The van der Waals surface area contributed by atoms with Crippen LogP contribution in [0.4, 0.5) is 9.18 Å². The monoisotopic (exact) mass is 301 g/mol. The lowest BCUT2D eigenvalue weighted by molar-refractivity contribution is 0.0501. The number of hydrogen-bond donors (Lipinski definition) is 1. The van der Waals surface area contributed by atoms with Crippen molar-refractivity contribution in [2.24, 2.45) is 0 Å². The Hall–Kier alpha value is -1.29. The molecular weight excluding hydrogens is 281 g/mol. The van der Waals surface area contributed by atoms with Gasteiger partial charge in [0.25, 0.3) is 0 Å². The largest absolute Gasteiger partial charge is 0.444 e. The van der Waals surface area contributed by atoms with E-state index >= 15 is 0 Å². The Labute approximate surface area is 124 Å². The van der Waals surface area contributed by atoms with Crippen LogP contribution in [0.2, 0.25) is 5.02 Å². The van der Waals surface area contributed by atoms with Crippen LogP contribution in [0.1, 0.15) is 51.3 Å². The molecule has 1 aromatic rings. The summed E-state index contributed by atoms with van der Waals surface area (Å²) in [6.07, 6.45) is -0.00612. The van der Waals surface area contributed by atoms with E-state index in [9.17, 15) is 9.18 Å². The number of amides is 1. The second-order valence-corrected chi connectivity index (χ2v) is 6.09. The molecular formula is C15H21ClFNO2. The third kappa shape index (κ3) is 4.37. The van der Waals surface area contributed by atoms with Crippen molar-refractivity contribution >= 4 is 17.7 Å². The van der Waals surface area contributed by atoms with E-state index in [4.69, 9.17) is 16.3 Å². The Morgan fingerprint density at radius 1 is 1.45 bits per heavy atom. The molecule has 0 heterocycles. The second-order valence-electron chi connectivity index (χ2n) is 5.68. The van der Waals surface area contributed by atoms with E-state index in [1.165, 1.54) is 0 Å². The van der Waals surface area contributed by atoms with Crippen LogP contribution in [-0.2, 0) is 4.74 Å². The summed E-state index contributed by atoms with van der Waals surface area (Å²) in [7, 11) is 0. The highest BCUT2D eigenvalue weighted by molar-refractivity contribution is 6.31. The Kier molecular flexibility index (Phi) is 5.40. The van der Waals surface area contributed by atoms with Crippen LogP contribution in [0.25, 0.3) is 0 Å². The van der Waals surface area contributed by atoms with E-state index in [1.54, 1.807) is 39.8 Å². The summed E-state index contributed by atoms with van der Waals surface area (Å²) in [5, 5.41) is 3.06. The van der Waals surface area contributed by atoms with Gasteiger partial charge in [-0.15, -0.1) is 0 Å². The Morgan fingerprint density at radius 3 is 2.55 bits per heavy atom. The van der Waals surface area contributed by atoms with Crippen molar-refractivity contribution in [3.63, 3.8) is 0 Å². The lowest BCUT2D eigenvalue weighted by Gasteiger charge is -2.24. The van der Waals surface area contributed by atoms with Gasteiger partial charge in [-0.2, -0.15) is 0 Å². The minimum absolute atomic E-state index is 0.373. The molecule has 0 bridgehead atoms. The Bertz CT molecular complexity index is 497. The van der Waals surface area contributed by atoms with E-state index in [0.717, 1.165) is 0 Å². The molecule has 0 aliphatic heterocycles. The van der Waals surface area contributed by atoms with Gasteiger partial charge in [-0.05, 0) is 40.2 Å². The first kappa shape index (κ1) is 16.8. The predicted octanol–water partition coefficient (Wildman–Crippen LogP) is 4.76. The second kappa shape index (κ2) is 6.44. The third-order valence-electron chi connectivity index (χ3n) is 2.82. The summed E-state index contributed by atoms with van der Waals surface area (Å²) < 4.78 is 19.4. The van der Waals surface area contributed by atoms with Gasteiger partial charge in [0.15, 0.2) is 0 Å². The zero-order valence-electron chi connectivity index (χ0n) is 12.5. The fraction of sp³-hybridized carbons (Fsp3) is 0.533. The van der Waals surface area contributed by atoms with Crippen molar-refractivity contribution in [2.75, 3.05) is 0 Å². The summed E-state index contributed by atoms with van der Waals surface area (Å²) in [6, 6.07) is 2.78. The summed E-state index contributed by atoms with van der Waals surface area (Å²) in [4.78, 5) is 11.8. The van der Waals surface area contributed by atoms with Gasteiger partial charge in [-0.1, -0.05) is 24.6 Å². The van der Waals surface area contributed by atoms with Gasteiger partial charge in [-0.25, -0.2) is 9.18 Å². The molecule has 0 fully saturated rings. The number of ether oxygens (including phenoxy) is 1. The molecule has 112 valence electrons. The van der Waals surface area contributed by atoms with Gasteiger partial charge in [0.2, 0.25) is 0 Å². The average molecular weight is 302 g/mol. The highest BCUT2D eigenvalue weighted by Crippen LogP contribution is 2.27. The van der Waals surface area contributed by atoms with Gasteiger partial charge >= 0.3 is 6.09 Å². The Morgan fingerprint density at radius 2 is 2.05 bits per heavy atom. The number of carbonyl (C=O) groups is 1. The minimum atomic E-state index is -0.586. The topological polar surface area (TPSA) is 38.3 Å². The maximum atomic E-state index is 14.2. The molecule has 1 rings (SSSR count). The molecule has 1 aromatic carbocycles. The molecule has 3 nitrogen and oxygen atoms in total. The van der Waals surface area contributed by atoms with Crippen molar-refractivity contribution in [1.82, 2.24) is 5.32 Å². The van der Waals surface area contributed by atoms with E-state index in [0.29, 0.717) is 22.6 Å². The number of benzene rings is 1. The normalized spacial score (nSPS) is 12.9. The van der Waals surface area contributed by atoms with Crippen molar-refractivity contribution < 1.29 is 13.9 Å². The molecule has 1 N–H and O–H groups in total. The number of hydrogen-bond acceptors (Lipinski definition) is 2. The molecule has 5 heteroatoms. The quantitative estimate of drug-likeness (QED) is 0.874. The van der Waals surface area contributed by atoms with Crippen LogP contribution in [0.3, 0.4) is 0 Å². The minimum Gasteiger partial charge on any atom is -0.444 e. The summed E-state index contributed by atoms with van der Waals surface area (Å²) in [5.74, 6) is -0.389. The lowest BCUT2D eigenvalue weighted by atomic mass is 10.0. The Balaban J connectivity index is 2.92. The highest BCUT2D eigenvalue weighted by Gasteiger charge is 2.22. The maximum absolute atomic E-state index is 14.2. The standard InChI is InChI=1S/C15H21ClFNO2/c1-6-12(18-14(19)20-15(3,4)5)10-7-8-11(16)9(2)13(10)17/h7-8,12H,6H2,1-5H3,(H,18,19). The zero-order valence-corrected chi connectivity index (χ0v) is 13.3. The van der Waals surface area contributed by atoms with Crippen LogP contribution in [0.5, 0.6) is 0 Å². The summed E-state index contributed by atoms with van der Waals surface area (Å²) in [6.45, 7) is 8.81. The number of rotatable bonds is 3. The van der Waals surface area contributed by atoms with Crippen molar-refractivity contribution in [3.8, 4) is 0 Å². The smallest absolute Gasteiger partial charge is 0.408 e. The number of nitrogens with one attached hydrogen (secondary N) is 1. The van der Waals surface area contributed by atoms with Crippen molar-refractivity contribution in [3.05, 3.63) is 34.1 Å². The molecule has 1 atom stereocenters. The van der Waals surface area contributed by atoms with Crippen LogP contribution >= 0.6 is 11.6 Å². The van der Waals surface area contributed by atoms with Gasteiger partial charge in [0.05, 0.1) is 6.04 Å². The van der Waals surface area contributed by atoms with Crippen LogP contribution in [0.15, 0.2) is 12.1 Å². The first-order valence-electron chi connectivity index (χ1n) is 6.59. The highest BCUT2D eigenvalue weighted by atomic mass is 35.5. The molecule has 0 radical (unpaired) electrons. The number of carbonyl (C=O) groups excluding carboxylic acids is 1. The first-order valence-corrected chi connectivity index (χ1v) is 6.97. The fourth-order valence-electron chi connectivity index (χ4n) is 1.80. The number of halogens is 2. The average Bonchev–Trinajstić information content (AvgIpc) is 2.32. The summed E-state index contributed by atoms with van der Waals surface area (Å²) in [5.41, 5.74) is 0.213. The molecule has 1 amide bonds. The number of alkyl carbamates (subject to hydrolysis) is 1. The molecule has 0 aliphatic rings. The van der Waals surface area contributed by atoms with Gasteiger partial charge in [0.1, 0.15) is 11.4 Å². The lowest BCUT2D eigenvalue weighted by Crippen LogP contribution is -2.35. The summed E-state index contributed by atoms with van der Waals surface area (Å²) >= 11 is 5.87. The van der Waals surface area contributed by atoms with E-state index in [-0.39, 0.29) is 5.82 Å². The van der Waals surface area contributed by atoms with Gasteiger partial charge < -0.3 is 10.1 Å². The molecule has 0 spiro atoms. The molecule has 1 unspecified atom stereocenters. The zero-order chi connectivity index (χ0) is 15.5. The van der Waals surface area contributed by atoms with Gasteiger partial charge in [-0.3, -0.25) is 0 Å². The fourth-order valence-corrected chi connectivity index (χ4v) is 1.95. The molecule has 0 saturated heterocycles. The van der Waals surface area contributed by atoms with Gasteiger partial charge in [0, 0.05) is 16.1 Å². The van der Waals surface area contributed by atoms with Crippen LogP contribution in [0, 0.1) is 12.7 Å². The predicted molar refractivity (Wildman–Crippen MR) is 78.5 cm³/mol. The maximum Gasteiger partial charge on any atom is 0.408 e. The SMILES string of the molecule is CCC(NC(=O)OC(C)(C)C)c1ccc(Cl)c(C)c1F. The van der Waals surface area contributed by atoms with E-state index in [1.807, 2.05) is 6.92 Å². The third-order valence-corrected chi connectivity index (χ3v) is 3.23. The van der Waals surface area contributed by atoms with Crippen molar-refractivity contribution in [1.29, 1.82) is 0 Å². The molecule has 0 aliphatic carbocycles. The van der Waals surface area contributed by atoms with Crippen molar-refractivity contribution in [2.45, 2.75) is 52.7 Å². The molecule has 0 saturated carbocycles. The van der Waals surface area contributed by atoms with E-state index in [2.05, 4.69) is 5.32 Å².